The average molecular weight is 437 g/mol. The second-order valence-corrected chi connectivity index (χ2v) is 8.79. The Hall–Kier alpha value is -1.62. The zero-order valence-corrected chi connectivity index (χ0v) is 19.8. The lowest BCUT2D eigenvalue weighted by atomic mass is 9.98. The minimum atomic E-state index is -1.11. The zero-order valence-electron chi connectivity index (χ0n) is 19.8. The first kappa shape index (κ1) is 27.4. The van der Waals surface area contributed by atoms with Crippen molar-refractivity contribution in [3.05, 3.63) is 23.8 Å². The predicted molar refractivity (Wildman–Crippen MR) is 125 cm³/mol. The van der Waals surface area contributed by atoms with Crippen LogP contribution in [0.5, 0.6) is 0 Å². The standard InChI is InChI=1S/C26H44O5/c1-3-4-5-6-7-8-9-10-11-12-13-14-15-16-17-18-19-24-20-26(21-27,31-25(24)29)22-30-23(2)28/h10-11,19,27H,3-9,12-18,20-22H2,1-2H3/b11-10?,24-19-/t26-/m1/s1. The van der Waals surface area contributed by atoms with E-state index in [1.807, 2.05) is 6.08 Å². The number of carbonyl (C=O) groups excluding carboxylic acids is 2. The van der Waals surface area contributed by atoms with Gasteiger partial charge in [-0.2, -0.15) is 0 Å². The molecular weight excluding hydrogens is 392 g/mol. The number of cyclic esters (lactones) is 1. The van der Waals surface area contributed by atoms with Gasteiger partial charge in [-0.05, 0) is 38.5 Å². The van der Waals surface area contributed by atoms with Crippen LogP contribution in [0.25, 0.3) is 0 Å². The molecule has 0 spiro atoms. The first-order valence-corrected chi connectivity index (χ1v) is 12.3. The maximum Gasteiger partial charge on any atom is 0.334 e. The Balaban J connectivity index is 2.04. The number of esters is 2. The van der Waals surface area contributed by atoms with Gasteiger partial charge in [-0.3, -0.25) is 4.79 Å². The summed E-state index contributed by atoms with van der Waals surface area (Å²) in [4.78, 5) is 23.0. The molecule has 0 aliphatic carbocycles. The highest BCUT2D eigenvalue weighted by molar-refractivity contribution is 5.91. The minimum Gasteiger partial charge on any atom is -0.462 e. The molecule has 1 atom stereocenters. The van der Waals surface area contributed by atoms with Crippen molar-refractivity contribution in [2.45, 2.75) is 116 Å². The number of hydrogen-bond acceptors (Lipinski definition) is 5. The summed E-state index contributed by atoms with van der Waals surface area (Å²) in [7, 11) is 0. The Labute approximate surface area is 189 Å². The quantitative estimate of drug-likeness (QED) is 0.120. The number of ether oxygens (including phenoxy) is 2. The van der Waals surface area contributed by atoms with E-state index in [0.717, 1.165) is 19.3 Å². The Bertz CT molecular complexity index is 566. The largest absolute Gasteiger partial charge is 0.462 e. The molecule has 1 rings (SSSR count). The summed E-state index contributed by atoms with van der Waals surface area (Å²) < 4.78 is 10.2. The van der Waals surface area contributed by atoms with Crippen molar-refractivity contribution >= 4 is 11.9 Å². The lowest BCUT2D eigenvalue weighted by molar-refractivity contribution is -0.164. The molecule has 31 heavy (non-hydrogen) atoms. The van der Waals surface area contributed by atoms with Crippen molar-refractivity contribution in [3.8, 4) is 0 Å². The van der Waals surface area contributed by atoms with Gasteiger partial charge in [0.15, 0.2) is 5.60 Å². The number of carbonyl (C=O) groups is 2. The van der Waals surface area contributed by atoms with Gasteiger partial charge in [0.1, 0.15) is 6.61 Å². The van der Waals surface area contributed by atoms with E-state index >= 15 is 0 Å². The first-order valence-electron chi connectivity index (χ1n) is 12.3. The van der Waals surface area contributed by atoms with E-state index in [4.69, 9.17) is 9.47 Å². The van der Waals surface area contributed by atoms with E-state index in [2.05, 4.69) is 19.1 Å². The van der Waals surface area contributed by atoms with E-state index in [1.54, 1.807) is 0 Å². The van der Waals surface area contributed by atoms with Crippen LogP contribution in [-0.2, 0) is 19.1 Å². The van der Waals surface area contributed by atoms with Crippen molar-refractivity contribution < 1.29 is 24.2 Å². The predicted octanol–water partition coefficient (Wildman–Crippen LogP) is 6.19. The maximum absolute atomic E-state index is 12.0. The highest BCUT2D eigenvalue weighted by Gasteiger charge is 2.44. The monoisotopic (exact) mass is 436 g/mol. The van der Waals surface area contributed by atoms with Crippen LogP contribution in [0.3, 0.4) is 0 Å². The fourth-order valence-corrected chi connectivity index (χ4v) is 3.81. The summed E-state index contributed by atoms with van der Waals surface area (Å²) in [5, 5.41) is 9.58. The third-order valence-electron chi connectivity index (χ3n) is 5.77. The fourth-order valence-electron chi connectivity index (χ4n) is 3.81. The zero-order chi connectivity index (χ0) is 22.8. The normalized spacial score (nSPS) is 20.0. The van der Waals surface area contributed by atoms with Crippen LogP contribution in [-0.4, -0.2) is 35.9 Å². The SMILES string of the molecule is CCCCCCCCC=CCCCCCCC/C=C1/C[C@@](CO)(COC(C)=O)OC1=O. The van der Waals surface area contributed by atoms with Gasteiger partial charge in [-0.1, -0.05) is 76.5 Å². The van der Waals surface area contributed by atoms with E-state index in [1.165, 1.54) is 77.6 Å². The molecule has 0 radical (unpaired) electrons. The summed E-state index contributed by atoms with van der Waals surface area (Å²) in [6, 6.07) is 0. The molecule has 0 saturated carbocycles. The number of allylic oxidation sites excluding steroid dienone is 3. The molecule has 1 aliphatic heterocycles. The van der Waals surface area contributed by atoms with Crippen LogP contribution in [0.15, 0.2) is 23.8 Å². The van der Waals surface area contributed by atoms with Gasteiger partial charge in [0.2, 0.25) is 0 Å². The molecule has 0 aromatic rings. The van der Waals surface area contributed by atoms with Crippen molar-refractivity contribution in [2.75, 3.05) is 13.2 Å². The molecule has 1 fully saturated rings. The Morgan fingerprint density at radius 1 is 0.968 bits per heavy atom. The molecule has 5 nitrogen and oxygen atoms in total. The van der Waals surface area contributed by atoms with Gasteiger partial charge in [-0.25, -0.2) is 4.79 Å². The number of hydrogen-bond donors (Lipinski definition) is 1. The number of unbranched alkanes of at least 4 members (excludes halogenated alkanes) is 12. The number of aliphatic hydroxyl groups is 1. The molecule has 1 saturated heterocycles. The van der Waals surface area contributed by atoms with Crippen LogP contribution in [0.2, 0.25) is 0 Å². The molecule has 5 heteroatoms. The van der Waals surface area contributed by atoms with Gasteiger partial charge < -0.3 is 14.6 Å². The minimum absolute atomic E-state index is 0.102. The summed E-state index contributed by atoms with van der Waals surface area (Å²) in [6.07, 6.45) is 24.2. The Morgan fingerprint density at radius 2 is 1.52 bits per heavy atom. The molecule has 1 heterocycles. The lowest BCUT2D eigenvalue weighted by Gasteiger charge is -2.23. The van der Waals surface area contributed by atoms with E-state index in [9.17, 15) is 14.7 Å². The van der Waals surface area contributed by atoms with Crippen LogP contribution >= 0.6 is 0 Å². The first-order chi connectivity index (χ1) is 15.0. The third kappa shape index (κ3) is 12.7. The van der Waals surface area contributed by atoms with Gasteiger partial charge in [0, 0.05) is 18.9 Å². The average Bonchev–Trinajstić information content (AvgIpc) is 3.08. The van der Waals surface area contributed by atoms with Crippen LogP contribution < -0.4 is 0 Å². The highest BCUT2D eigenvalue weighted by Crippen LogP contribution is 2.31. The van der Waals surface area contributed by atoms with Gasteiger partial charge in [0.05, 0.1) is 6.61 Å². The summed E-state index contributed by atoms with van der Waals surface area (Å²) in [5.74, 6) is -0.858. The molecular formula is C26H44O5. The van der Waals surface area contributed by atoms with Crippen molar-refractivity contribution in [1.29, 1.82) is 0 Å². The molecule has 0 bridgehead atoms. The van der Waals surface area contributed by atoms with Gasteiger partial charge in [0.25, 0.3) is 0 Å². The smallest absolute Gasteiger partial charge is 0.334 e. The molecule has 178 valence electrons. The highest BCUT2D eigenvalue weighted by atomic mass is 16.6. The maximum atomic E-state index is 12.0. The molecule has 0 aromatic heterocycles. The third-order valence-corrected chi connectivity index (χ3v) is 5.77. The second kappa shape index (κ2) is 17.0. The number of rotatable bonds is 18. The van der Waals surface area contributed by atoms with Crippen LogP contribution in [0, 0.1) is 0 Å². The van der Waals surface area contributed by atoms with Gasteiger partial charge in [-0.15, -0.1) is 0 Å². The molecule has 1 aliphatic rings. The summed E-state index contributed by atoms with van der Waals surface area (Å²) in [5.41, 5.74) is -0.534. The van der Waals surface area contributed by atoms with Gasteiger partial charge >= 0.3 is 11.9 Å². The van der Waals surface area contributed by atoms with Crippen molar-refractivity contribution in [1.82, 2.24) is 0 Å². The topological polar surface area (TPSA) is 72.8 Å². The molecule has 1 N–H and O–H groups in total. The Morgan fingerprint density at radius 3 is 2.06 bits per heavy atom. The van der Waals surface area contributed by atoms with Crippen LogP contribution in [0.1, 0.15) is 110 Å². The molecule has 0 aromatic carbocycles. The van der Waals surface area contributed by atoms with Crippen molar-refractivity contribution in [3.63, 3.8) is 0 Å². The van der Waals surface area contributed by atoms with Crippen LogP contribution in [0.4, 0.5) is 0 Å². The number of aliphatic hydroxyl groups excluding tert-OH is 1. The molecule has 0 unspecified atom stereocenters. The summed E-state index contributed by atoms with van der Waals surface area (Å²) in [6.45, 7) is 3.10. The lowest BCUT2D eigenvalue weighted by Crippen LogP contribution is -2.39. The van der Waals surface area contributed by atoms with Crippen molar-refractivity contribution in [2.24, 2.45) is 0 Å². The van der Waals surface area contributed by atoms with E-state index in [-0.39, 0.29) is 13.2 Å². The summed E-state index contributed by atoms with van der Waals surface area (Å²) >= 11 is 0. The fraction of sp³-hybridized carbons (Fsp3) is 0.769. The Kier molecular flexibility index (Phi) is 15.0. The van der Waals surface area contributed by atoms with E-state index < -0.39 is 17.5 Å². The molecule has 0 amide bonds. The second-order valence-electron chi connectivity index (χ2n) is 8.79. The van der Waals surface area contributed by atoms with E-state index in [0.29, 0.717) is 12.0 Å².